The fourth-order valence-electron chi connectivity index (χ4n) is 1.45. The summed E-state index contributed by atoms with van der Waals surface area (Å²) in [7, 11) is 0. The van der Waals surface area contributed by atoms with Crippen molar-refractivity contribution in [1.82, 2.24) is 9.97 Å². The summed E-state index contributed by atoms with van der Waals surface area (Å²) in [6, 6.07) is 8.12. The zero-order chi connectivity index (χ0) is 11.3. The lowest BCUT2D eigenvalue weighted by molar-refractivity contribution is 0.941. The molecule has 0 spiro atoms. The highest BCUT2D eigenvalue weighted by atomic mass is 14.9. The van der Waals surface area contributed by atoms with Gasteiger partial charge in [-0.05, 0) is 13.0 Å². The second-order valence-corrected chi connectivity index (χ2v) is 3.10. The van der Waals surface area contributed by atoms with E-state index in [2.05, 4.69) is 23.0 Å². The molecule has 2 rings (SSSR count). The highest BCUT2D eigenvalue weighted by molar-refractivity contribution is 5.80. The van der Waals surface area contributed by atoms with Crippen LogP contribution in [0.5, 0.6) is 0 Å². The van der Waals surface area contributed by atoms with E-state index in [4.69, 9.17) is 0 Å². The summed E-state index contributed by atoms with van der Waals surface area (Å²) in [6.45, 7) is 8.10. The minimum atomic E-state index is 0.895. The monoisotopic (exact) mass is 202 g/mol. The molecule has 2 aromatic rings. The number of aryl methyl sites for hydroxylation is 2. The Kier molecular flexibility index (Phi) is 4.22. The van der Waals surface area contributed by atoms with E-state index in [1.807, 2.05) is 39.0 Å². The first kappa shape index (κ1) is 11.6. The van der Waals surface area contributed by atoms with Crippen molar-refractivity contribution in [3.05, 3.63) is 35.8 Å². The normalized spacial score (nSPS) is 9.60. The first-order valence-corrected chi connectivity index (χ1v) is 5.53. The Bertz CT molecular complexity index is 435. The van der Waals surface area contributed by atoms with Gasteiger partial charge in [-0.3, -0.25) is 0 Å². The van der Waals surface area contributed by atoms with Gasteiger partial charge in [0.2, 0.25) is 0 Å². The van der Waals surface area contributed by atoms with Crippen molar-refractivity contribution < 1.29 is 0 Å². The van der Waals surface area contributed by atoms with Crippen LogP contribution in [0.4, 0.5) is 0 Å². The standard InChI is InChI=1S/C11H12N2.C2H6/c1-3-11-12-8(2)9-6-4-5-7-10(9)13-11;1-2/h4-7H,3H2,1-2H3;1-2H3. The molecule has 0 amide bonds. The van der Waals surface area contributed by atoms with E-state index < -0.39 is 0 Å². The summed E-state index contributed by atoms with van der Waals surface area (Å²) in [5, 5.41) is 1.15. The maximum atomic E-state index is 4.44. The van der Waals surface area contributed by atoms with Gasteiger partial charge in [0.05, 0.1) is 5.52 Å². The maximum absolute atomic E-state index is 4.44. The molecule has 0 atom stereocenters. The quantitative estimate of drug-likeness (QED) is 0.707. The van der Waals surface area contributed by atoms with Gasteiger partial charge in [0.15, 0.2) is 0 Å². The predicted molar refractivity (Wildman–Crippen MR) is 65.0 cm³/mol. The topological polar surface area (TPSA) is 25.8 Å². The lowest BCUT2D eigenvalue weighted by Gasteiger charge is -2.02. The van der Waals surface area contributed by atoms with Crippen molar-refractivity contribution in [3.8, 4) is 0 Å². The largest absolute Gasteiger partial charge is 0.238 e. The molecule has 2 heteroatoms. The van der Waals surface area contributed by atoms with Crippen molar-refractivity contribution >= 4 is 10.9 Å². The third-order valence-electron chi connectivity index (χ3n) is 2.16. The second kappa shape index (κ2) is 5.44. The van der Waals surface area contributed by atoms with E-state index in [0.717, 1.165) is 28.8 Å². The Labute approximate surface area is 91.4 Å². The van der Waals surface area contributed by atoms with Crippen molar-refractivity contribution in [3.63, 3.8) is 0 Å². The van der Waals surface area contributed by atoms with Gasteiger partial charge in [0.1, 0.15) is 5.82 Å². The van der Waals surface area contributed by atoms with Crippen molar-refractivity contribution in [2.45, 2.75) is 34.1 Å². The smallest absolute Gasteiger partial charge is 0.129 e. The van der Waals surface area contributed by atoms with Crippen LogP contribution in [0.3, 0.4) is 0 Å². The van der Waals surface area contributed by atoms with E-state index in [-0.39, 0.29) is 0 Å². The van der Waals surface area contributed by atoms with Crippen LogP contribution in [-0.4, -0.2) is 9.97 Å². The summed E-state index contributed by atoms with van der Waals surface area (Å²) in [5.41, 5.74) is 2.12. The second-order valence-electron chi connectivity index (χ2n) is 3.10. The Morgan fingerprint density at radius 3 is 2.40 bits per heavy atom. The van der Waals surface area contributed by atoms with Crippen LogP contribution in [0.25, 0.3) is 10.9 Å². The van der Waals surface area contributed by atoms with E-state index >= 15 is 0 Å². The average Bonchev–Trinajstić information content (AvgIpc) is 2.31. The van der Waals surface area contributed by atoms with Crippen LogP contribution in [0.2, 0.25) is 0 Å². The molecule has 0 aliphatic rings. The number of nitrogens with zero attached hydrogens (tertiary/aromatic N) is 2. The SMILES string of the molecule is CC.CCc1nc(C)c2ccccc2n1. The number of hydrogen-bond acceptors (Lipinski definition) is 2. The van der Waals surface area contributed by atoms with Crippen LogP contribution < -0.4 is 0 Å². The molecule has 0 aliphatic heterocycles. The van der Waals surface area contributed by atoms with Crippen LogP contribution >= 0.6 is 0 Å². The molecular formula is C13H18N2. The molecule has 15 heavy (non-hydrogen) atoms. The number of hydrogen-bond donors (Lipinski definition) is 0. The number of rotatable bonds is 1. The lowest BCUT2D eigenvalue weighted by atomic mass is 10.2. The van der Waals surface area contributed by atoms with E-state index in [1.165, 1.54) is 0 Å². The van der Waals surface area contributed by atoms with E-state index in [0.29, 0.717) is 0 Å². The molecular weight excluding hydrogens is 184 g/mol. The summed E-state index contributed by atoms with van der Waals surface area (Å²) in [6.07, 6.45) is 0.895. The Balaban J connectivity index is 0.000000531. The summed E-state index contributed by atoms with van der Waals surface area (Å²) >= 11 is 0. The Morgan fingerprint density at radius 1 is 1.07 bits per heavy atom. The van der Waals surface area contributed by atoms with Gasteiger partial charge >= 0.3 is 0 Å². The third-order valence-corrected chi connectivity index (χ3v) is 2.16. The van der Waals surface area contributed by atoms with E-state index in [1.54, 1.807) is 0 Å². The van der Waals surface area contributed by atoms with Crippen molar-refractivity contribution in [2.75, 3.05) is 0 Å². The molecule has 1 aromatic carbocycles. The minimum absolute atomic E-state index is 0.895. The molecule has 0 radical (unpaired) electrons. The van der Waals surface area contributed by atoms with Crippen LogP contribution in [0, 0.1) is 6.92 Å². The lowest BCUT2D eigenvalue weighted by Crippen LogP contribution is -1.96. The van der Waals surface area contributed by atoms with Gasteiger partial charge in [0.25, 0.3) is 0 Å². The molecule has 0 fully saturated rings. The summed E-state index contributed by atoms with van der Waals surface area (Å²) < 4.78 is 0. The van der Waals surface area contributed by atoms with Crippen LogP contribution in [0.15, 0.2) is 24.3 Å². The molecule has 80 valence electrons. The first-order chi connectivity index (χ1) is 7.31. The highest BCUT2D eigenvalue weighted by Crippen LogP contribution is 2.14. The van der Waals surface area contributed by atoms with Gasteiger partial charge in [-0.25, -0.2) is 9.97 Å². The fourth-order valence-corrected chi connectivity index (χ4v) is 1.45. The molecule has 1 heterocycles. The Morgan fingerprint density at radius 2 is 1.73 bits per heavy atom. The molecule has 0 bridgehead atoms. The summed E-state index contributed by atoms with van der Waals surface area (Å²) in [5.74, 6) is 0.927. The number of benzene rings is 1. The van der Waals surface area contributed by atoms with Gasteiger partial charge in [-0.1, -0.05) is 39.0 Å². The van der Waals surface area contributed by atoms with E-state index in [9.17, 15) is 0 Å². The number of fused-ring (bicyclic) bond motifs is 1. The number of para-hydroxylation sites is 1. The molecule has 0 N–H and O–H groups in total. The molecule has 2 nitrogen and oxygen atoms in total. The molecule has 0 saturated carbocycles. The first-order valence-electron chi connectivity index (χ1n) is 5.53. The average molecular weight is 202 g/mol. The zero-order valence-electron chi connectivity index (χ0n) is 9.91. The van der Waals surface area contributed by atoms with Gasteiger partial charge in [-0.2, -0.15) is 0 Å². The fraction of sp³-hybridized carbons (Fsp3) is 0.385. The van der Waals surface area contributed by atoms with Gasteiger partial charge in [-0.15, -0.1) is 0 Å². The predicted octanol–water partition coefficient (Wildman–Crippen LogP) is 3.53. The minimum Gasteiger partial charge on any atom is -0.238 e. The van der Waals surface area contributed by atoms with Gasteiger partial charge in [0, 0.05) is 17.5 Å². The molecule has 0 unspecified atom stereocenters. The maximum Gasteiger partial charge on any atom is 0.129 e. The zero-order valence-corrected chi connectivity index (χ0v) is 9.91. The van der Waals surface area contributed by atoms with Gasteiger partial charge < -0.3 is 0 Å². The van der Waals surface area contributed by atoms with Crippen molar-refractivity contribution in [2.24, 2.45) is 0 Å². The molecule has 0 aliphatic carbocycles. The third kappa shape index (κ3) is 2.52. The number of aromatic nitrogens is 2. The van der Waals surface area contributed by atoms with Crippen LogP contribution in [0.1, 0.15) is 32.3 Å². The highest BCUT2D eigenvalue weighted by Gasteiger charge is 2.00. The van der Waals surface area contributed by atoms with Crippen molar-refractivity contribution in [1.29, 1.82) is 0 Å². The summed E-state index contributed by atoms with van der Waals surface area (Å²) in [4.78, 5) is 8.85. The Hall–Kier alpha value is -1.44. The molecule has 0 saturated heterocycles. The van der Waals surface area contributed by atoms with Crippen LogP contribution in [-0.2, 0) is 6.42 Å². The molecule has 1 aromatic heterocycles.